The Hall–Kier alpha value is -2.10. The highest BCUT2D eigenvalue weighted by atomic mass is 16.5. The Labute approximate surface area is 153 Å². The van der Waals surface area contributed by atoms with Crippen molar-refractivity contribution < 1.29 is 14.3 Å². The largest absolute Gasteiger partial charge is 0.457 e. The van der Waals surface area contributed by atoms with E-state index >= 15 is 0 Å². The molecule has 0 radical (unpaired) electrons. The number of esters is 1. The van der Waals surface area contributed by atoms with Crippen molar-refractivity contribution in [2.24, 2.45) is 23.2 Å². The van der Waals surface area contributed by atoms with Crippen LogP contribution in [0.5, 0.6) is 0 Å². The average Bonchev–Trinajstić information content (AvgIpc) is 3.01. The van der Waals surface area contributed by atoms with Crippen LogP contribution >= 0.6 is 0 Å². The third-order valence-electron chi connectivity index (χ3n) is 7.00. The maximum absolute atomic E-state index is 12.9. The van der Waals surface area contributed by atoms with Crippen LogP contribution in [0.3, 0.4) is 0 Å². The molecular weight excluding hydrogens is 326 g/mol. The lowest BCUT2D eigenvalue weighted by molar-refractivity contribution is -0.157. The van der Waals surface area contributed by atoms with E-state index in [-0.39, 0.29) is 30.2 Å². The SMILES string of the molecule is O=C(Cc1c[nH]c2ccccc12)OCC(=O)C12CC3CC(CC(C3)C1)C2. The molecule has 0 atom stereocenters. The van der Waals surface area contributed by atoms with Gasteiger partial charge in [-0.1, -0.05) is 18.2 Å². The second-order valence-corrected chi connectivity index (χ2v) is 8.82. The summed E-state index contributed by atoms with van der Waals surface area (Å²) < 4.78 is 5.41. The number of para-hydroxylation sites is 1. The third kappa shape index (κ3) is 2.67. The lowest BCUT2D eigenvalue weighted by Crippen LogP contribution is -2.51. The molecule has 1 aromatic heterocycles. The van der Waals surface area contributed by atoms with Crippen LogP contribution in [0.2, 0.25) is 0 Å². The fourth-order valence-electron chi connectivity index (χ4n) is 6.24. The average molecular weight is 351 g/mol. The van der Waals surface area contributed by atoms with Crippen LogP contribution in [-0.2, 0) is 20.7 Å². The Morgan fingerprint density at radius 2 is 1.69 bits per heavy atom. The van der Waals surface area contributed by atoms with Crippen molar-refractivity contribution >= 4 is 22.7 Å². The van der Waals surface area contributed by atoms with Crippen molar-refractivity contribution in [2.45, 2.75) is 44.9 Å². The summed E-state index contributed by atoms with van der Waals surface area (Å²) in [5.41, 5.74) is 1.75. The minimum Gasteiger partial charge on any atom is -0.457 e. The molecule has 4 aliphatic rings. The molecule has 4 heteroatoms. The van der Waals surface area contributed by atoms with E-state index in [1.54, 1.807) is 0 Å². The molecule has 1 aromatic carbocycles. The van der Waals surface area contributed by atoms with Gasteiger partial charge in [-0.3, -0.25) is 9.59 Å². The van der Waals surface area contributed by atoms with E-state index in [0.29, 0.717) is 0 Å². The van der Waals surface area contributed by atoms with Gasteiger partial charge in [0.15, 0.2) is 12.4 Å². The van der Waals surface area contributed by atoms with E-state index < -0.39 is 0 Å². The number of hydrogen-bond acceptors (Lipinski definition) is 3. The van der Waals surface area contributed by atoms with Crippen LogP contribution in [0.4, 0.5) is 0 Å². The Balaban J connectivity index is 1.22. The van der Waals surface area contributed by atoms with Gasteiger partial charge in [0.1, 0.15) is 0 Å². The number of fused-ring (bicyclic) bond motifs is 1. The van der Waals surface area contributed by atoms with Gasteiger partial charge in [0.05, 0.1) is 6.42 Å². The zero-order chi connectivity index (χ0) is 17.7. The zero-order valence-electron chi connectivity index (χ0n) is 15.0. The van der Waals surface area contributed by atoms with Gasteiger partial charge in [-0.15, -0.1) is 0 Å². The van der Waals surface area contributed by atoms with Gasteiger partial charge >= 0.3 is 5.97 Å². The number of Topliss-reactive ketones (excluding diaryl/α,β-unsaturated/α-hetero) is 1. The molecule has 4 nitrogen and oxygen atoms in total. The summed E-state index contributed by atoms with van der Waals surface area (Å²) in [6.07, 6.45) is 9.07. The van der Waals surface area contributed by atoms with Crippen LogP contribution in [0, 0.1) is 23.2 Å². The lowest BCUT2D eigenvalue weighted by Gasteiger charge is -2.55. The van der Waals surface area contributed by atoms with Crippen LogP contribution < -0.4 is 0 Å². The first-order valence-corrected chi connectivity index (χ1v) is 9.85. The van der Waals surface area contributed by atoms with Crippen molar-refractivity contribution in [3.63, 3.8) is 0 Å². The van der Waals surface area contributed by atoms with Crippen molar-refractivity contribution in [1.29, 1.82) is 0 Å². The summed E-state index contributed by atoms with van der Waals surface area (Å²) in [5.74, 6) is 2.04. The number of rotatable bonds is 5. The summed E-state index contributed by atoms with van der Waals surface area (Å²) in [7, 11) is 0. The number of nitrogens with one attached hydrogen (secondary N) is 1. The van der Waals surface area contributed by atoms with E-state index in [1.165, 1.54) is 19.3 Å². The molecule has 0 saturated heterocycles. The molecule has 0 unspecified atom stereocenters. The number of benzene rings is 1. The molecule has 4 bridgehead atoms. The molecule has 0 amide bonds. The first-order chi connectivity index (χ1) is 12.6. The lowest BCUT2D eigenvalue weighted by atomic mass is 9.48. The van der Waals surface area contributed by atoms with Gasteiger partial charge in [0, 0.05) is 22.5 Å². The number of H-pyrrole nitrogens is 1. The Morgan fingerprint density at radius 3 is 2.38 bits per heavy atom. The van der Waals surface area contributed by atoms with Crippen LogP contribution in [0.25, 0.3) is 10.9 Å². The molecular formula is C22H25NO3. The van der Waals surface area contributed by atoms with Crippen molar-refractivity contribution in [3.8, 4) is 0 Å². The molecule has 0 aliphatic heterocycles. The summed E-state index contributed by atoms with van der Waals surface area (Å²) in [6.45, 7) is -0.0483. The monoisotopic (exact) mass is 351 g/mol. The molecule has 4 aliphatic carbocycles. The highest BCUT2D eigenvalue weighted by Crippen LogP contribution is 2.60. The minimum atomic E-state index is -0.312. The normalized spacial score (nSPS) is 32.1. The maximum Gasteiger partial charge on any atom is 0.310 e. The van der Waals surface area contributed by atoms with Crippen molar-refractivity contribution in [2.75, 3.05) is 6.61 Å². The quantitative estimate of drug-likeness (QED) is 0.827. The predicted octanol–water partition coefficient (Wildman–Crippen LogP) is 4.04. The Kier molecular flexibility index (Phi) is 3.70. The van der Waals surface area contributed by atoms with Gasteiger partial charge in [0.25, 0.3) is 0 Å². The van der Waals surface area contributed by atoms with E-state index in [4.69, 9.17) is 4.74 Å². The standard InChI is InChI=1S/C22H25NO3/c24-20(22-9-14-5-15(10-22)7-16(6-14)11-22)13-26-21(25)8-17-12-23-19-4-2-1-3-18(17)19/h1-4,12,14-16,23H,5-11,13H2. The minimum absolute atomic E-state index is 0.0483. The predicted molar refractivity (Wildman–Crippen MR) is 98.6 cm³/mol. The van der Waals surface area contributed by atoms with E-state index in [2.05, 4.69) is 4.98 Å². The van der Waals surface area contributed by atoms with E-state index in [1.807, 2.05) is 30.5 Å². The molecule has 6 rings (SSSR count). The smallest absolute Gasteiger partial charge is 0.310 e. The zero-order valence-corrected chi connectivity index (χ0v) is 15.0. The topological polar surface area (TPSA) is 59.2 Å². The van der Waals surface area contributed by atoms with Crippen LogP contribution in [0.15, 0.2) is 30.5 Å². The number of carbonyl (C=O) groups is 2. The summed E-state index contributed by atoms with van der Waals surface area (Å²) in [4.78, 5) is 28.4. The van der Waals surface area contributed by atoms with Gasteiger partial charge in [-0.25, -0.2) is 0 Å². The number of aromatic amines is 1. The highest BCUT2D eigenvalue weighted by molar-refractivity contribution is 5.90. The number of ketones is 1. The molecule has 1 heterocycles. The third-order valence-corrected chi connectivity index (χ3v) is 7.00. The van der Waals surface area contributed by atoms with Gasteiger partial charge < -0.3 is 9.72 Å². The maximum atomic E-state index is 12.9. The number of ether oxygens (including phenoxy) is 1. The van der Waals surface area contributed by atoms with Gasteiger partial charge in [-0.2, -0.15) is 0 Å². The summed E-state index contributed by atoms with van der Waals surface area (Å²) >= 11 is 0. The summed E-state index contributed by atoms with van der Waals surface area (Å²) in [5, 5.41) is 1.04. The number of aromatic nitrogens is 1. The fourth-order valence-corrected chi connectivity index (χ4v) is 6.24. The fraction of sp³-hybridized carbons (Fsp3) is 0.545. The second kappa shape index (κ2) is 5.97. The van der Waals surface area contributed by atoms with Crippen molar-refractivity contribution in [1.82, 2.24) is 4.98 Å². The molecule has 0 spiro atoms. The molecule has 4 saturated carbocycles. The molecule has 26 heavy (non-hydrogen) atoms. The Bertz CT molecular complexity index is 830. The Morgan fingerprint density at radius 1 is 1.04 bits per heavy atom. The van der Waals surface area contributed by atoms with E-state index in [0.717, 1.165) is 53.5 Å². The first-order valence-electron chi connectivity index (χ1n) is 9.85. The first kappa shape index (κ1) is 16.1. The number of carbonyl (C=O) groups excluding carboxylic acids is 2. The highest BCUT2D eigenvalue weighted by Gasteiger charge is 2.54. The molecule has 2 aromatic rings. The number of hydrogen-bond donors (Lipinski definition) is 1. The van der Waals surface area contributed by atoms with Crippen LogP contribution in [0.1, 0.15) is 44.1 Å². The van der Waals surface area contributed by atoms with Gasteiger partial charge in [0.2, 0.25) is 0 Å². The van der Waals surface area contributed by atoms with Crippen LogP contribution in [-0.4, -0.2) is 23.3 Å². The summed E-state index contributed by atoms with van der Waals surface area (Å²) in [6, 6.07) is 7.91. The second-order valence-electron chi connectivity index (χ2n) is 8.82. The van der Waals surface area contributed by atoms with Gasteiger partial charge in [-0.05, 0) is 67.9 Å². The molecule has 1 N–H and O–H groups in total. The van der Waals surface area contributed by atoms with E-state index in [9.17, 15) is 9.59 Å². The molecule has 136 valence electrons. The van der Waals surface area contributed by atoms with Crippen molar-refractivity contribution in [3.05, 3.63) is 36.0 Å². The molecule has 4 fully saturated rings.